The molecule has 0 bridgehead atoms. The lowest BCUT2D eigenvalue weighted by Crippen LogP contribution is -2.05. The molecule has 0 amide bonds. The maximum Gasteiger partial charge on any atom is 0.0796 e. The number of hydrogen-bond donors (Lipinski definition) is 1. The van der Waals surface area contributed by atoms with Crippen molar-refractivity contribution < 1.29 is 5.11 Å². The number of aryl methyl sites for hydroxylation is 4. The Labute approximate surface area is 108 Å². The van der Waals surface area contributed by atoms with E-state index in [9.17, 15) is 5.11 Å². The fraction of sp³-hybridized carbons (Fsp3) is 0.400. The molecule has 1 aromatic heterocycles. The van der Waals surface area contributed by atoms with Gasteiger partial charge in [-0.1, -0.05) is 23.8 Å². The fourth-order valence-electron chi connectivity index (χ4n) is 2.21. The van der Waals surface area contributed by atoms with Crippen molar-refractivity contribution in [1.82, 2.24) is 9.78 Å². The van der Waals surface area contributed by atoms with E-state index in [-0.39, 0.29) is 0 Å². The zero-order valence-electron chi connectivity index (χ0n) is 11.2. The van der Waals surface area contributed by atoms with Crippen molar-refractivity contribution >= 4 is 0 Å². The molecule has 18 heavy (non-hydrogen) atoms. The third-order valence-corrected chi connectivity index (χ3v) is 3.39. The Balaban J connectivity index is 2.06. The predicted octanol–water partition coefficient (Wildman–Crippen LogP) is 2.70. The van der Waals surface area contributed by atoms with Crippen molar-refractivity contribution in [2.75, 3.05) is 0 Å². The second-order valence-corrected chi connectivity index (χ2v) is 4.86. The van der Waals surface area contributed by atoms with Gasteiger partial charge in [0.25, 0.3) is 0 Å². The van der Waals surface area contributed by atoms with Crippen LogP contribution in [-0.4, -0.2) is 14.9 Å². The van der Waals surface area contributed by atoms with Crippen molar-refractivity contribution in [2.45, 2.75) is 32.8 Å². The van der Waals surface area contributed by atoms with E-state index < -0.39 is 6.10 Å². The van der Waals surface area contributed by atoms with Gasteiger partial charge in [-0.25, -0.2) is 0 Å². The van der Waals surface area contributed by atoms with Gasteiger partial charge in [0.05, 0.1) is 6.10 Å². The van der Waals surface area contributed by atoms with Gasteiger partial charge in [0.2, 0.25) is 0 Å². The molecule has 2 rings (SSSR count). The molecule has 0 spiro atoms. The molecule has 0 aliphatic carbocycles. The van der Waals surface area contributed by atoms with Crippen LogP contribution in [0.5, 0.6) is 0 Å². The lowest BCUT2D eigenvalue weighted by atomic mass is 9.97. The first-order valence-electron chi connectivity index (χ1n) is 6.30. The van der Waals surface area contributed by atoms with Crippen molar-refractivity contribution in [1.29, 1.82) is 0 Å². The third kappa shape index (κ3) is 2.79. The highest BCUT2D eigenvalue weighted by Gasteiger charge is 2.11. The summed E-state index contributed by atoms with van der Waals surface area (Å²) < 4.78 is 1.86. The summed E-state index contributed by atoms with van der Waals surface area (Å²) in [7, 11) is 1.93. The van der Waals surface area contributed by atoms with Crippen LogP contribution in [0.15, 0.2) is 30.5 Å². The Morgan fingerprint density at radius 2 is 2.06 bits per heavy atom. The molecule has 1 unspecified atom stereocenters. The van der Waals surface area contributed by atoms with Crippen LogP contribution in [0, 0.1) is 13.8 Å². The van der Waals surface area contributed by atoms with Gasteiger partial charge in [0, 0.05) is 18.9 Å². The second kappa shape index (κ2) is 5.36. The molecule has 1 atom stereocenters. The third-order valence-electron chi connectivity index (χ3n) is 3.39. The highest BCUT2D eigenvalue weighted by atomic mass is 16.3. The van der Waals surface area contributed by atoms with Crippen LogP contribution in [0.4, 0.5) is 0 Å². The zero-order valence-corrected chi connectivity index (χ0v) is 11.2. The molecule has 3 nitrogen and oxygen atoms in total. The van der Waals surface area contributed by atoms with Crippen LogP contribution in [0.3, 0.4) is 0 Å². The molecule has 0 saturated heterocycles. The summed E-state index contributed by atoms with van der Waals surface area (Å²) in [5, 5.41) is 14.4. The molecule has 2 aromatic rings. The summed E-state index contributed by atoms with van der Waals surface area (Å²) in [6, 6.07) is 8.21. The number of hydrogen-bond acceptors (Lipinski definition) is 2. The van der Waals surface area contributed by atoms with Gasteiger partial charge in [0.1, 0.15) is 0 Å². The fourth-order valence-corrected chi connectivity index (χ4v) is 2.21. The van der Waals surface area contributed by atoms with Gasteiger partial charge in [-0.2, -0.15) is 5.10 Å². The Morgan fingerprint density at radius 3 is 2.72 bits per heavy atom. The van der Waals surface area contributed by atoms with Crippen LogP contribution in [0.25, 0.3) is 0 Å². The van der Waals surface area contributed by atoms with Crippen LogP contribution < -0.4 is 0 Å². The highest BCUT2D eigenvalue weighted by Crippen LogP contribution is 2.23. The highest BCUT2D eigenvalue weighted by molar-refractivity contribution is 5.32. The summed E-state index contributed by atoms with van der Waals surface area (Å²) in [6.07, 6.45) is 2.95. The summed E-state index contributed by atoms with van der Waals surface area (Å²) in [6.45, 7) is 4.10. The SMILES string of the molecule is Cc1ccc(C)c(C(O)CCc2ccnn2C)c1. The molecule has 1 aromatic carbocycles. The van der Waals surface area contributed by atoms with Crippen molar-refractivity contribution in [2.24, 2.45) is 7.05 Å². The number of nitrogens with zero attached hydrogens (tertiary/aromatic N) is 2. The smallest absolute Gasteiger partial charge is 0.0796 e. The topological polar surface area (TPSA) is 38.1 Å². The van der Waals surface area contributed by atoms with E-state index >= 15 is 0 Å². The van der Waals surface area contributed by atoms with Crippen LogP contribution in [-0.2, 0) is 13.5 Å². The van der Waals surface area contributed by atoms with E-state index in [1.54, 1.807) is 6.20 Å². The molecule has 0 fully saturated rings. The zero-order chi connectivity index (χ0) is 13.1. The number of rotatable bonds is 4. The van der Waals surface area contributed by atoms with Gasteiger partial charge in [-0.05, 0) is 43.9 Å². The predicted molar refractivity (Wildman–Crippen MR) is 72.4 cm³/mol. The lowest BCUT2D eigenvalue weighted by molar-refractivity contribution is 0.166. The number of aromatic nitrogens is 2. The molecule has 96 valence electrons. The largest absolute Gasteiger partial charge is 0.388 e. The van der Waals surface area contributed by atoms with E-state index in [1.807, 2.05) is 24.7 Å². The molecule has 0 aliphatic heterocycles. The first kappa shape index (κ1) is 12.8. The minimum atomic E-state index is -0.403. The molecule has 0 radical (unpaired) electrons. The Kier molecular flexibility index (Phi) is 3.82. The Morgan fingerprint density at radius 1 is 1.28 bits per heavy atom. The van der Waals surface area contributed by atoms with Crippen LogP contribution in [0.2, 0.25) is 0 Å². The van der Waals surface area contributed by atoms with Crippen molar-refractivity contribution in [3.63, 3.8) is 0 Å². The van der Waals surface area contributed by atoms with Gasteiger partial charge < -0.3 is 5.11 Å². The minimum Gasteiger partial charge on any atom is -0.388 e. The summed E-state index contributed by atoms with van der Waals surface area (Å²) in [4.78, 5) is 0. The van der Waals surface area contributed by atoms with E-state index in [0.29, 0.717) is 0 Å². The lowest BCUT2D eigenvalue weighted by Gasteiger charge is -2.14. The van der Waals surface area contributed by atoms with E-state index in [2.05, 4.69) is 30.2 Å². The van der Waals surface area contributed by atoms with Gasteiger partial charge in [-0.15, -0.1) is 0 Å². The first-order chi connectivity index (χ1) is 8.58. The van der Waals surface area contributed by atoms with Crippen molar-refractivity contribution in [3.05, 3.63) is 52.8 Å². The molecule has 1 N–H and O–H groups in total. The van der Waals surface area contributed by atoms with Gasteiger partial charge in [-0.3, -0.25) is 4.68 Å². The molecule has 1 heterocycles. The summed E-state index contributed by atoms with van der Waals surface area (Å²) >= 11 is 0. The first-order valence-corrected chi connectivity index (χ1v) is 6.30. The van der Waals surface area contributed by atoms with E-state index in [4.69, 9.17) is 0 Å². The standard InChI is InChI=1S/C15H20N2O/c1-11-4-5-12(2)14(10-11)15(18)7-6-13-8-9-16-17(13)3/h4-5,8-10,15,18H,6-7H2,1-3H3. The molecule has 0 saturated carbocycles. The maximum absolute atomic E-state index is 10.3. The van der Waals surface area contributed by atoms with E-state index in [0.717, 1.165) is 29.7 Å². The average Bonchev–Trinajstić information content (AvgIpc) is 2.75. The van der Waals surface area contributed by atoms with Crippen LogP contribution >= 0.6 is 0 Å². The second-order valence-electron chi connectivity index (χ2n) is 4.86. The van der Waals surface area contributed by atoms with E-state index in [1.165, 1.54) is 5.56 Å². The average molecular weight is 244 g/mol. The number of benzene rings is 1. The quantitative estimate of drug-likeness (QED) is 0.898. The molecular weight excluding hydrogens is 224 g/mol. The van der Waals surface area contributed by atoms with Crippen molar-refractivity contribution in [3.8, 4) is 0 Å². The molecular formula is C15H20N2O. The van der Waals surface area contributed by atoms with Gasteiger partial charge >= 0.3 is 0 Å². The Hall–Kier alpha value is -1.61. The summed E-state index contributed by atoms with van der Waals surface area (Å²) in [5.41, 5.74) is 4.53. The summed E-state index contributed by atoms with van der Waals surface area (Å²) in [5.74, 6) is 0. The molecule has 3 heteroatoms. The van der Waals surface area contributed by atoms with Gasteiger partial charge in [0.15, 0.2) is 0 Å². The number of aliphatic hydroxyl groups is 1. The van der Waals surface area contributed by atoms with Crippen LogP contribution in [0.1, 0.15) is 34.9 Å². The molecule has 0 aliphatic rings. The normalized spacial score (nSPS) is 12.7. The Bertz CT molecular complexity index is 531. The monoisotopic (exact) mass is 244 g/mol. The maximum atomic E-state index is 10.3. The number of aliphatic hydroxyl groups excluding tert-OH is 1. The minimum absolute atomic E-state index is 0.403.